The van der Waals surface area contributed by atoms with Gasteiger partial charge in [0.25, 0.3) is 0 Å². The van der Waals surface area contributed by atoms with E-state index in [0.717, 1.165) is 0 Å². The van der Waals surface area contributed by atoms with Crippen LogP contribution < -0.4 is 0 Å². The molecule has 0 spiro atoms. The number of hydrogen-bond donors (Lipinski definition) is 1. The minimum Gasteiger partial charge on any atom is -0.416 e. The zero-order chi connectivity index (χ0) is 29.2. The molecule has 8 nitrogen and oxygen atoms in total. The van der Waals surface area contributed by atoms with E-state index in [1.165, 1.54) is 12.4 Å². The number of ether oxygens (including phenoxy) is 3. The molecule has 2 fully saturated rings. The number of aromatic nitrogens is 3. The maximum atomic E-state index is 15.5. The van der Waals surface area contributed by atoms with Crippen molar-refractivity contribution in [1.82, 2.24) is 14.5 Å². The number of halogens is 3. The molecule has 218 valence electrons. The summed E-state index contributed by atoms with van der Waals surface area (Å²) in [4.78, 5) is 8.43. The van der Waals surface area contributed by atoms with Gasteiger partial charge in [-0.1, -0.05) is 50.0 Å². The van der Waals surface area contributed by atoms with Crippen LogP contribution in [0.3, 0.4) is 0 Å². The molecule has 12 heteroatoms. The van der Waals surface area contributed by atoms with Crippen molar-refractivity contribution in [2.24, 2.45) is 0 Å². The lowest BCUT2D eigenvalue weighted by Gasteiger charge is -2.36. The monoisotopic (exact) mass is 611 g/mol. The summed E-state index contributed by atoms with van der Waals surface area (Å²) in [6.45, 7) is 14.7. The molecule has 2 aliphatic heterocycles. The van der Waals surface area contributed by atoms with E-state index in [4.69, 9.17) is 41.8 Å². The summed E-state index contributed by atoms with van der Waals surface area (Å²) < 4.78 is 42.5. The summed E-state index contributed by atoms with van der Waals surface area (Å²) in [6.07, 6.45) is -0.571. The second kappa shape index (κ2) is 10.6. The summed E-state index contributed by atoms with van der Waals surface area (Å²) in [5.74, 6) is -1.49. The second-order valence-corrected chi connectivity index (χ2v) is 18.0. The van der Waals surface area contributed by atoms with E-state index < -0.39 is 50.6 Å². The van der Waals surface area contributed by atoms with Crippen LogP contribution in [0, 0.1) is 5.82 Å². The molecule has 5 atom stereocenters. The lowest BCUT2D eigenvalue weighted by atomic mass is 9.93. The average molecular weight is 613 g/mol. The fourth-order valence-corrected chi connectivity index (χ4v) is 6.59. The van der Waals surface area contributed by atoms with E-state index in [1.54, 1.807) is 22.9 Å². The van der Waals surface area contributed by atoms with Gasteiger partial charge in [0.1, 0.15) is 47.4 Å². The van der Waals surface area contributed by atoms with Gasteiger partial charge in [-0.3, -0.25) is 0 Å². The third-order valence-corrected chi connectivity index (χ3v) is 13.4. The van der Waals surface area contributed by atoms with Crippen molar-refractivity contribution in [3.05, 3.63) is 57.8 Å². The molecule has 0 aliphatic carbocycles. The zero-order valence-electron chi connectivity index (χ0n) is 23.7. The summed E-state index contributed by atoms with van der Waals surface area (Å²) in [6, 6.07) is 4.89. The standard InChI is InChI=1S/C28H36Cl2FN3O5Si/c1-27(2,3)40(6,7)36-13-11-15-16(8-9-18(29)19(15)31)20(35)21-22-23(39-28(4,5)38-22)26(37-21)34-12-10-17-24(30)32-14-33-25(17)34/h8-10,12,14,20-23,26,35H,11,13H2,1-7H3/t20-,21-,22?,23-,26-/m1/s1. The Morgan fingerprint density at radius 2 is 1.85 bits per heavy atom. The first kappa shape index (κ1) is 29.8. The van der Waals surface area contributed by atoms with Crippen molar-refractivity contribution in [3.8, 4) is 0 Å². The van der Waals surface area contributed by atoms with Gasteiger partial charge in [-0.2, -0.15) is 0 Å². The van der Waals surface area contributed by atoms with Crippen LogP contribution in [0.15, 0.2) is 30.7 Å². The van der Waals surface area contributed by atoms with Gasteiger partial charge in [-0.25, -0.2) is 14.4 Å². The maximum absolute atomic E-state index is 15.5. The number of hydrogen-bond acceptors (Lipinski definition) is 7. The van der Waals surface area contributed by atoms with Crippen molar-refractivity contribution < 1.29 is 28.1 Å². The highest BCUT2D eigenvalue weighted by molar-refractivity contribution is 6.74. The van der Waals surface area contributed by atoms with Crippen molar-refractivity contribution in [1.29, 1.82) is 0 Å². The quantitative estimate of drug-likeness (QED) is 0.238. The molecule has 0 radical (unpaired) electrons. The van der Waals surface area contributed by atoms with Crippen LogP contribution >= 0.6 is 23.2 Å². The molecular weight excluding hydrogens is 576 g/mol. The molecule has 40 heavy (non-hydrogen) atoms. The predicted molar refractivity (Wildman–Crippen MR) is 153 cm³/mol. The van der Waals surface area contributed by atoms with Crippen LogP contribution in [0.25, 0.3) is 11.0 Å². The second-order valence-electron chi connectivity index (χ2n) is 12.4. The first-order chi connectivity index (χ1) is 18.6. The van der Waals surface area contributed by atoms with Gasteiger partial charge >= 0.3 is 0 Å². The van der Waals surface area contributed by atoms with Crippen LogP contribution in [0.4, 0.5) is 4.39 Å². The molecule has 1 N–H and O–H groups in total. The summed E-state index contributed by atoms with van der Waals surface area (Å²) in [5.41, 5.74) is 1.24. The van der Waals surface area contributed by atoms with E-state index in [-0.39, 0.29) is 16.5 Å². The van der Waals surface area contributed by atoms with Gasteiger partial charge in [-0.15, -0.1) is 0 Å². The number of benzene rings is 1. The van der Waals surface area contributed by atoms with Gasteiger partial charge in [-0.05, 0) is 61.7 Å². The Morgan fingerprint density at radius 1 is 1.15 bits per heavy atom. The van der Waals surface area contributed by atoms with Gasteiger partial charge in [0.15, 0.2) is 20.3 Å². The maximum Gasteiger partial charge on any atom is 0.191 e. The van der Waals surface area contributed by atoms with Crippen LogP contribution in [0.5, 0.6) is 0 Å². The fourth-order valence-electron chi connectivity index (χ4n) is 5.17. The largest absolute Gasteiger partial charge is 0.416 e. The summed E-state index contributed by atoms with van der Waals surface area (Å²) in [5, 5.41) is 12.7. The molecule has 1 aromatic carbocycles. The van der Waals surface area contributed by atoms with E-state index in [9.17, 15) is 5.11 Å². The van der Waals surface area contributed by atoms with E-state index >= 15 is 4.39 Å². The SMILES string of the molecule is CC1(C)OC2[C@@H](O1)[C@H](n1ccc3c(Cl)ncnc31)O[C@@H]2[C@H](O)c1ccc(Cl)c(F)c1CCO[Si](C)(C)C(C)(C)C. The van der Waals surface area contributed by atoms with E-state index in [2.05, 4.69) is 43.8 Å². The summed E-state index contributed by atoms with van der Waals surface area (Å²) >= 11 is 12.5. The molecule has 2 aliphatic rings. The highest BCUT2D eigenvalue weighted by Gasteiger charge is 2.58. The number of aliphatic hydroxyl groups is 1. The van der Waals surface area contributed by atoms with Crippen LogP contribution in [0.1, 0.15) is 58.1 Å². The smallest absolute Gasteiger partial charge is 0.191 e. The molecule has 2 aromatic heterocycles. The highest BCUT2D eigenvalue weighted by Crippen LogP contribution is 2.48. The minimum absolute atomic E-state index is 0.00827. The number of rotatable bonds is 7. The number of aliphatic hydroxyl groups excluding tert-OH is 1. The van der Waals surface area contributed by atoms with Gasteiger partial charge in [0.05, 0.1) is 10.4 Å². The Morgan fingerprint density at radius 3 is 2.55 bits per heavy atom. The van der Waals surface area contributed by atoms with E-state index in [1.807, 2.05) is 13.8 Å². The van der Waals surface area contributed by atoms with Crippen molar-refractivity contribution in [2.45, 2.75) is 95.6 Å². The third-order valence-electron chi connectivity index (χ3n) is 8.28. The Balaban J connectivity index is 1.46. The Labute approximate surface area is 244 Å². The fraction of sp³-hybridized carbons (Fsp3) is 0.571. The Kier molecular flexibility index (Phi) is 7.89. The molecule has 0 amide bonds. The van der Waals surface area contributed by atoms with E-state index in [0.29, 0.717) is 33.9 Å². The summed E-state index contributed by atoms with van der Waals surface area (Å²) in [7, 11) is -2.06. The number of fused-ring (bicyclic) bond motifs is 2. The van der Waals surface area contributed by atoms with Crippen LogP contribution in [-0.4, -0.2) is 58.7 Å². The molecular formula is C28H36Cl2FN3O5Si. The number of nitrogens with zero attached hydrogens (tertiary/aromatic N) is 3. The molecule has 1 unspecified atom stereocenters. The van der Waals surface area contributed by atoms with Crippen molar-refractivity contribution in [2.75, 3.05) is 6.61 Å². The molecule has 2 saturated heterocycles. The van der Waals surface area contributed by atoms with Crippen LogP contribution in [-0.2, 0) is 25.1 Å². The van der Waals surface area contributed by atoms with Gasteiger partial charge < -0.3 is 28.3 Å². The molecule has 5 rings (SSSR count). The van der Waals surface area contributed by atoms with Gasteiger partial charge in [0, 0.05) is 12.8 Å². The first-order valence-electron chi connectivity index (χ1n) is 13.4. The van der Waals surface area contributed by atoms with Crippen molar-refractivity contribution >= 4 is 42.6 Å². The molecule has 0 bridgehead atoms. The molecule has 3 aromatic rings. The average Bonchev–Trinajstić information content (AvgIpc) is 3.52. The first-order valence-corrected chi connectivity index (χ1v) is 17.0. The molecule has 0 saturated carbocycles. The predicted octanol–water partition coefficient (Wildman–Crippen LogP) is 6.59. The third kappa shape index (κ3) is 5.33. The topological polar surface area (TPSA) is 87.9 Å². The Hall–Kier alpha value is -1.63. The lowest BCUT2D eigenvalue weighted by molar-refractivity contribution is -0.207. The highest BCUT2D eigenvalue weighted by atomic mass is 35.5. The van der Waals surface area contributed by atoms with Crippen molar-refractivity contribution in [3.63, 3.8) is 0 Å². The van der Waals surface area contributed by atoms with Crippen LogP contribution in [0.2, 0.25) is 28.3 Å². The Bertz CT molecular complexity index is 1410. The minimum atomic E-state index is -2.06. The normalized spacial score (nSPS) is 25.5. The van der Waals surface area contributed by atoms with Gasteiger partial charge in [0.2, 0.25) is 0 Å². The molecule has 4 heterocycles. The zero-order valence-corrected chi connectivity index (χ0v) is 26.3. The lowest BCUT2D eigenvalue weighted by Crippen LogP contribution is -2.41.